The summed E-state index contributed by atoms with van der Waals surface area (Å²) < 4.78 is 22.6. The van der Waals surface area contributed by atoms with Crippen molar-refractivity contribution >= 4 is 25.6 Å². The van der Waals surface area contributed by atoms with Crippen LogP contribution in [0.2, 0.25) is 0 Å². The molecule has 0 N–H and O–H groups in total. The Labute approximate surface area is 124 Å². The minimum absolute atomic E-state index is 0.0228. The third kappa shape index (κ3) is 3.33. The van der Waals surface area contributed by atoms with E-state index in [1.165, 1.54) is 12.1 Å². The molecule has 0 heterocycles. The van der Waals surface area contributed by atoms with Crippen LogP contribution in [0.4, 0.5) is 0 Å². The molecule has 0 radical (unpaired) electrons. The Kier molecular flexibility index (Phi) is 4.39. The molecule has 1 aliphatic rings. The van der Waals surface area contributed by atoms with Gasteiger partial charge in [-0.2, -0.15) is 0 Å². The Morgan fingerprint density at radius 2 is 2.05 bits per heavy atom. The predicted molar refractivity (Wildman–Crippen MR) is 78.6 cm³/mol. The predicted octanol–water partition coefficient (Wildman–Crippen LogP) is 2.94. The topological polar surface area (TPSA) is 54.5 Å². The number of aryl methyl sites for hydroxylation is 1. The van der Waals surface area contributed by atoms with E-state index in [1.54, 1.807) is 13.0 Å². The molecule has 0 aromatic heterocycles. The highest BCUT2D eigenvalue weighted by Crippen LogP contribution is 2.29. The number of hydrogen-bond donors (Lipinski definition) is 0. The number of rotatable bonds is 5. The van der Waals surface area contributed by atoms with E-state index in [0.29, 0.717) is 17.2 Å². The molecule has 1 amide bonds. The lowest BCUT2D eigenvalue weighted by Crippen LogP contribution is -2.34. The lowest BCUT2D eigenvalue weighted by molar-refractivity contribution is 0.0742. The van der Waals surface area contributed by atoms with E-state index < -0.39 is 9.05 Å². The molecule has 20 heavy (non-hydrogen) atoms. The molecule has 1 aromatic carbocycles. The number of carbonyl (C=O) groups excluding carboxylic acids is 1. The van der Waals surface area contributed by atoms with E-state index in [1.807, 2.05) is 11.8 Å². The molecule has 1 aromatic rings. The minimum atomic E-state index is -3.75. The van der Waals surface area contributed by atoms with Gasteiger partial charge in [-0.15, -0.1) is 0 Å². The third-order valence-electron chi connectivity index (χ3n) is 3.42. The molecule has 1 aliphatic carbocycles. The highest BCUT2D eigenvalue weighted by Gasteiger charge is 2.33. The summed E-state index contributed by atoms with van der Waals surface area (Å²) in [5.74, 6) is -0.0228. The van der Waals surface area contributed by atoms with Crippen LogP contribution in [0.15, 0.2) is 23.1 Å². The number of halogens is 1. The zero-order valence-electron chi connectivity index (χ0n) is 11.6. The van der Waals surface area contributed by atoms with Gasteiger partial charge in [-0.25, -0.2) is 8.42 Å². The van der Waals surface area contributed by atoms with Crippen molar-refractivity contribution in [3.8, 4) is 0 Å². The van der Waals surface area contributed by atoms with Crippen LogP contribution in [0.1, 0.15) is 42.1 Å². The van der Waals surface area contributed by atoms with E-state index in [-0.39, 0.29) is 10.8 Å². The van der Waals surface area contributed by atoms with Gasteiger partial charge in [-0.3, -0.25) is 4.79 Å². The molecule has 1 saturated carbocycles. The van der Waals surface area contributed by atoms with Crippen LogP contribution in [0.5, 0.6) is 0 Å². The first-order valence-electron chi connectivity index (χ1n) is 6.71. The molecule has 0 unspecified atom stereocenters. The Hall–Kier alpha value is -1.07. The van der Waals surface area contributed by atoms with E-state index in [4.69, 9.17) is 10.7 Å². The number of hydrogen-bond acceptors (Lipinski definition) is 3. The molecule has 6 heteroatoms. The molecular weight excluding hydrogens is 298 g/mol. The summed E-state index contributed by atoms with van der Waals surface area (Å²) >= 11 is 0. The van der Waals surface area contributed by atoms with Crippen molar-refractivity contribution in [2.24, 2.45) is 0 Å². The van der Waals surface area contributed by atoms with Gasteiger partial charge >= 0.3 is 0 Å². The molecule has 4 nitrogen and oxygen atoms in total. The quantitative estimate of drug-likeness (QED) is 0.785. The van der Waals surface area contributed by atoms with Crippen LogP contribution in [0.25, 0.3) is 0 Å². The van der Waals surface area contributed by atoms with Crippen molar-refractivity contribution in [1.29, 1.82) is 0 Å². The lowest BCUT2D eigenvalue weighted by Gasteiger charge is -2.22. The van der Waals surface area contributed by atoms with Crippen molar-refractivity contribution in [3.63, 3.8) is 0 Å². The smallest absolute Gasteiger partial charge is 0.261 e. The maximum absolute atomic E-state index is 12.5. The average Bonchev–Trinajstić information content (AvgIpc) is 3.18. The van der Waals surface area contributed by atoms with Crippen LogP contribution in [0, 0.1) is 6.92 Å². The molecule has 0 bridgehead atoms. The first-order chi connectivity index (χ1) is 9.34. The van der Waals surface area contributed by atoms with Crippen LogP contribution >= 0.6 is 10.7 Å². The van der Waals surface area contributed by atoms with E-state index >= 15 is 0 Å². The van der Waals surface area contributed by atoms with Gasteiger partial charge in [0.1, 0.15) is 0 Å². The van der Waals surface area contributed by atoms with Crippen molar-refractivity contribution < 1.29 is 13.2 Å². The highest BCUT2D eigenvalue weighted by atomic mass is 35.7. The molecule has 2 rings (SSSR count). The van der Waals surface area contributed by atoms with Gasteiger partial charge in [0.05, 0.1) is 4.90 Å². The first-order valence-corrected chi connectivity index (χ1v) is 9.01. The van der Waals surface area contributed by atoms with E-state index in [9.17, 15) is 13.2 Å². The summed E-state index contributed by atoms with van der Waals surface area (Å²) in [6.45, 7) is 4.51. The second-order valence-corrected chi connectivity index (χ2v) is 7.71. The SMILES string of the molecule is CCCN(C(=O)c1ccc(S(=O)(=O)Cl)cc1C)C1CC1. The Balaban J connectivity index is 2.30. The Bertz CT molecular complexity index is 623. The molecule has 110 valence electrons. The monoisotopic (exact) mass is 315 g/mol. The van der Waals surface area contributed by atoms with Gasteiger partial charge in [0.25, 0.3) is 15.0 Å². The van der Waals surface area contributed by atoms with Crippen molar-refractivity contribution in [2.45, 2.75) is 44.0 Å². The van der Waals surface area contributed by atoms with Gasteiger partial charge < -0.3 is 4.90 Å². The maximum Gasteiger partial charge on any atom is 0.261 e. The van der Waals surface area contributed by atoms with Gasteiger partial charge in [0, 0.05) is 28.8 Å². The van der Waals surface area contributed by atoms with Crippen LogP contribution < -0.4 is 0 Å². The summed E-state index contributed by atoms with van der Waals surface area (Å²) in [5.41, 5.74) is 1.19. The number of carbonyl (C=O) groups is 1. The number of amides is 1. The fraction of sp³-hybridized carbons (Fsp3) is 0.500. The average molecular weight is 316 g/mol. The van der Waals surface area contributed by atoms with Crippen LogP contribution in [-0.2, 0) is 9.05 Å². The number of nitrogens with zero attached hydrogens (tertiary/aromatic N) is 1. The molecular formula is C14H18ClNO3S. The molecule has 0 spiro atoms. The summed E-state index contributed by atoms with van der Waals surface area (Å²) in [4.78, 5) is 14.5. The molecule has 0 aliphatic heterocycles. The zero-order chi connectivity index (χ0) is 14.9. The Morgan fingerprint density at radius 3 is 2.50 bits per heavy atom. The normalized spacial score (nSPS) is 15.2. The lowest BCUT2D eigenvalue weighted by atomic mass is 10.1. The van der Waals surface area contributed by atoms with Gasteiger partial charge in [0.15, 0.2) is 0 Å². The van der Waals surface area contributed by atoms with Gasteiger partial charge in [-0.05, 0) is 49.9 Å². The minimum Gasteiger partial charge on any atom is -0.336 e. The third-order valence-corrected chi connectivity index (χ3v) is 4.77. The fourth-order valence-electron chi connectivity index (χ4n) is 2.26. The summed E-state index contributed by atoms with van der Waals surface area (Å²) in [7, 11) is 1.56. The summed E-state index contributed by atoms with van der Waals surface area (Å²) in [6, 6.07) is 4.74. The second kappa shape index (κ2) is 5.74. The van der Waals surface area contributed by atoms with Crippen molar-refractivity contribution in [3.05, 3.63) is 29.3 Å². The highest BCUT2D eigenvalue weighted by molar-refractivity contribution is 8.13. The fourth-order valence-corrected chi connectivity index (χ4v) is 3.10. The summed E-state index contributed by atoms with van der Waals surface area (Å²) in [6.07, 6.45) is 3.02. The van der Waals surface area contributed by atoms with E-state index in [0.717, 1.165) is 25.8 Å². The molecule has 0 saturated heterocycles. The second-order valence-electron chi connectivity index (χ2n) is 5.14. The van der Waals surface area contributed by atoms with Crippen LogP contribution in [-0.4, -0.2) is 31.8 Å². The standard InChI is InChI=1S/C14H18ClNO3S/c1-3-8-16(11-4-5-11)14(17)13-7-6-12(9-10(13)2)20(15,18)19/h6-7,9,11H,3-5,8H2,1-2H3. The molecule has 1 fully saturated rings. The zero-order valence-corrected chi connectivity index (χ0v) is 13.2. The van der Waals surface area contributed by atoms with E-state index in [2.05, 4.69) is 0 Å². The van der Waals surface area contributed by atoms with Gasteiger partial charge in [-0.1, -0.05) is 6.92 Å². The van der Waals surface area contributed by atoms with Crippen LogP contribution in [0.3, 0.4) is 0 Å². The maximum atomic E-state index is 12.5. The summed E-state index contributed by atoms with van der Waals surface area (Å²) in [5, 5.41) is 0. The Morgan fingerprint density at radius 1 is 1.40 bits per heavy atom. The van der Waals surface area contributed by atoms with Crippen molar-refractivity contribution in [1.82, 2.24) is 4.90 Å². The largest absolute Gasteiger partial charge is 0.336 e. The number of benzene rings is 1. The van der Waals surface area contributed by atoms with Gasteiger partial charge in [0.2, 0.25) is 0 Å². The molecule has 0 atom stereocenters. The first kappa shape index (κ1) is 15.3. The van der Waals surface area contributed by atoms with Crippen molar-refractivity contribution in [2.75, 3.05) is 6.54 Å².